The summed E-state index contributed by atoms with van der Waals surface area (Å²) in [5.41, 5.74) is 1.76. The molecular formula is C12H13N5S. The van der Waals surface area contributed by atoms with Crippen molar-refractivity contribution in [1.29, 1.82) is 5.26 Å². The van der Waals surface area contributed by atoms with Crippen LogP contribution in [0.15, 0.2) is 34.6 Å². The van der Waals surface area contributed by atoms with Gasteiger partial charge in [0.1, 0.15) is 12.4 Å². The third kappa shape index (κ3) is 2.70. The lowest BCUT2D eigenvalue weighted by Crippen LogP contribution is -2.05. The molecule has 1 N–H and O–H groups in total. The minimum atomic E-state index is 0.663. The van der Waals surface area contributed by atoms with Gasteiger partial charge in [-0.2, -0.15) is 10.4 Å². The zero-order valence-electron chi connectivity index (χ0n) is 10.2. The average molecular weight is 259 g/mol. The van der Waals surface area contributed by atoms with Gasteiger partial charge in [0.2, 0.25) is 0 Å². The standard InChI is InChI=1S/C12H13N5S/c1-14-7-9-3-4-11(10(5-9)6-13)18-12-15-8-16-17(12)2/h3-5,8,14H,7H2,1-2H3. The summed E-state index contributed by atoms with van der Waals surface area (Å²) in [6, 6.07) is 8.08. The predicted molar refractivity (Wildman–Crippen MR) is 69.0 cm³/mol. The third-order valence-electron chi connectivity index (χ3n) is 2.42. The first-order valence-electron chi connectivity index (χ1n) is 5.44. The maximum absolute atomic E-state index is 9.18. The topological polar surface area (TPSA) is 66.5 Å². The minimum Gasteiger partial charge on any atom is -0.316 e. The third-order valence-corrected chi connectivity index (χ3v) is 3.54. The van der Waals surface area contributed by atoms with E-state index in [4.69, 9.17) is 0 Å². The summed E-state index contributed by atoms with van der Waals surface area (Å²) in [6.07, 6.45) is 1.50. The first-order valence-corrected chi connectivity index (χ1v) is 6.25. The van der Waals surface area contributed by atoms with Crippen molar-refractivity contribution in [2.45, 2.75) is 16.6 Å². The number of nitriles is 1. The summed E-state index contributed by atoms with van der Waals surface area (Å²) in [5, 5.41) is 17.0. The number of nitrogens with zero attached hydrogens (tertiary/aromatic N) is 4. The summed E-state index contributed by atoms with van der Waals surface area (Å²) in [6.45, 7) is 0.754. The molecule has 92 valence electrons. The normalized spacial score (nSPS) is 10.3. The Morgan fingerprint density at radius 2 is 2.33 bits per heavy atom. The summed E-state index contributed by atoms with van der Waals surface area (Å²) in [5.74, 6) is 0. The number of rotatable bonds is 4. The molecule has 0 spiro atoms. The highest BCUT2D eigenvalue weighted by atomic mass is 32.2. The van der Waals surface area contributed by atoms with Crippen molar-refractivity contribution >= 4 is 11.8 Å². The van der Waals surface area contributed by atoms with Crippen molar-refractivity contribution in [2.24, 2.45) is 7.05 Å². The largest absolute Gasteiger partial charge is 0.316 e. The molecule has 1 aromatic carbocycles. The fraction of sp³-hybridized carbons (Fsp3) is 0.250. The zero-order chi connectivity index (χ0) is 13.0. The number of hydrogen-bond acceptors (Lipinski definition) is 5. The first-order chi connectivity index (χ1) is 8.74. The van der Waals surface area contributed by atoms with Gasteiger partial charge in [0.15, 0.2) is 5.16 Å². The second kappa shape index (κ2) is 5.67. The van der Waals surface area contributed by atoms with E-state index in [0.29, 0.717) is 5.56 Å². The Bertz CT molecular complexity index is 584. The van der Waals surface area contributed by atoms with E-state index in [0.717, 1.165) is 22.2 Å². The maximum Gasteiger partial charge on any atom is 0.190 e. The second-order valence-corrected chi connectivity index (χ2v) is 4.75. The molecule has 0 aliphatic heterocycles. The molecular weight excluding hydrogens is 246 g/mol. The number of nitrogens with one attached hydrogen (secondary N) is 1. The molecule has 1 aromatic heterocycles. The van der Waals surface area contributed by atoms with Gasteiger partial charge < -0.3 is 5.32 Å². The molecule has 0 aliphatic carbocycles. The number of aromatic nitrogens is 3. The maximum atomic E-state index is 9.18. The van der Waals surface area contributed by atoms with Gasteiger partial charge in [-0.3, -0.25) is 0 Å². The number of aryl methyl sites for hydroxylation is 1. The Labute approximate surface area is 110 Å². The molecule has 0 atom stereocenters. The smallest absolute Gasteiger partial charge is 0.190 e. The van der Waals surface area contributed by atoms with E-state index < -0.39 is 0 Å². The predicted octanol–water partition coefficient (Wildman–Crippen LogP) is 1.56. The molecule has 6 heteroatoms. The highest BCUT2D eigenvalue weighted by molar-refractivity contribution is 7.99. The Kier molecular flexibility index (Phi) is 3.97. The highest BCUT2D eigenvalue weighted by Crippen LogP contribution is 2.28. The lowest BCUT2D eigenvalue weighted by Gasteiger charge is -2.06. The average Bonchev–Trinajstić information content (AvgIpc) is 2.77. The lowest BCUT2D eigenvalue weighted by molar-refractivity contribution is 0.685. The molecule has 5 nitrogen and oxygen atoms in total. The minimum absolute atomic E-state index is 0.663. The van der Waals surface area contributed by atoms with Crippen LogP contribution in [-0.2, 0) is 13.6 Å². The second-order valence-electron chi connectivity index (χ2n) is 3.74. The molecule has 0 radical (unpaired) electrons. The van der Waals surface area contributed by atoms with Crippen LogP contribution < -0.4 is 5.32 Å². The van der Waals surface area contributed by atoms with Crippen LogP contribution in [0.1, 0.15) is 11.1 Å². The zero-order valence-corrected chi connectivity index (χ0v) is 11.0. The van der Waals surface area contributed by atoms with Crippen LogP contribution in [0.25, 0.3) is 0 Å². The van der Waals surface area contributed by atoms with Gasteiger partial charge in [-0.1, -0.05) is 6.07 Å². The van der Waals surface area contributed by atoms with Crippen molar-refractivity contribution in [3.05, 3.63) is 35.7 Å². The van der Waals surface area contributed by atoms with Crippen molar-refractivity contribution in [2.75, 3.05) is 7.05 Å². The van der Waals surface area contributed by atoms with Crippen molar-refractivity contribution in [1.82, 2.24) is 20.1 Å². The number of benzene rings is 1. The molecule has 1 heterocycles. The van der Waals surface area contributed by atoms with Gasteiger partial charge in [-0.15, -0.1) is 0 Å². The van der Waals surface area contributed by atoms with Crippen LogP contribution in [0.3, 0.4) is 0 Å². The molecule has 2 rings (SSSR count). The van der Waals surface area contributed by atoms with Crippen molar-refractivity contribution in [3.8, 4) is 6.07 Å². The van der Waals surface area contributed by atoms with E-state index in [-0.39, 0.29) is 0 Å². The van der Waals surface area contributed by atoms with E-state index in [2.05, 4.69) is 21.5 Å². The Morgan fingerprint density at radius 1 is 1.50 bits per heavy atom. The van der Waals surface area contributed by atoms with E-state index in [1.165, 1.54) is 18.1 Å². The van der Waals surface area contributed by atoms with E-state index in [1.807, 2.05) is 32.3 Å². The summed E-state index contributed by atoms with van der Waals surface area (Å²) in [7, 11) is 3.71. The van der Waals surface area contributed by atoms with Crippen LogP contribution in [-0.4, -0.2) is 21.8 Å². The summed E-state index contributed by atoms with van der Waals surface area (Å²) < 4.78 is 1.69. The Hall–Kier alpha value is -1.84. The molecule has 0 unspecified atom stereocenters. The quantitative estimate of drug-likeness (QED) is 0.902. The van der Waals surface area contributed by atoms with Gasteiger partial charge in [-0.05, 0) is 36.5 Å². The van der Waals surface area contributed by atoms with E-state index >= 15 is 0 Å². The fourth-order valence-electron chi connectivity index (χ4n) is 1.54. The fourth-order valence-corrected chi connectivity index (χ4v) is 2.37. The molecule has 0 bridgehead atoms. The van der Waals surface area contributed by atoms with Gasteiger partial charge >= 0.3 is 0 Å². The van der Waals surface area contributed by atoms with Crippen LogP contribution in [0.2, 0.25) is 0 Å². The molecule has 18 heavy (non-hydrogen) atoms. The van der Waals surface area contributed by atoms with Crippen LogP contribution in [0.4, 0.5) is 0 Å². The molecule has 0 amide bonds. The summed E-state index contributed by atoms with van der Waals surface area (Å²) in [4.78, 5) is 5.03. The Morgan fingerprint density at radius 3 is 2.94 bits per heavy atom. The molecule has 2 aromatic rings. The lowest BCUT2D eigenvalue weighted by atomic mass is 10.1. The van der Waals surface area contributed by atoms with Crippen LogP contribution in [0.5, 0.6) is 0 Å². The van der Waals surface area contributed by atoms with E-state index in [9.17, 15) is 5.26 Å². The van der Waals surface area contributed by atoms with Crippen molar-refractivity contribution in [3.63, 3.8) is 0 Å². The van der Waals surface area contributed by atoms with Gasteiger partial charge in [0.05, 0.1) is 5.56 Å². The van der Waals surface area contributed by atoms with Gasteiger partial charge in [0.25, 0.3) is 0 Å². The van der Waals surface area contributed by atoms with Gasteiger partial charge in [0, 0.05) is 18.5 Å². The molecule has 0 saturated heterocycles. The first kappa shape index (κ1) is 12.6. The van der Waals surface area contributed by atoms with Crippen LogP contribution >= 0.6 is 11.8 Å². The molecule has 0 fully saturated rings. The van der Waals surface area contributed by atoms with Gasteiger partial charge in [-0.25, -0.2) is 9.67 Å². The molecule has 0 saturated carbocycles. The number of hydrogen-bond donors (Lipinski definition) is 1. The van der Waals surface area contributed by atoms with Crippen LogP contribution in [0, 0.1) is 11.3 Å². The Balaban J connectivity index is 2.28. The highest BCUT2D eigenvalue weighted by Gasteiger charge is 2.08. The SMILES string of the molecule is CNCc1ccc(Sc2ncnn2C)c(C#N)c1. The monoisotopic (exact) mass is 259 g/mol. The van der Waals surface area contributed by atoms with Crippen molar-refractivity contribution < 1.29 is 0 Å². The summed E-state index contributed by atoms with van der Waals surface area (Å²) >= 11 is 1.45. The van der Waals surface area contributed by atoms with E-state index in [1.54, 1.807) is 4.68 Å². The molecule has 0 aliphatic rings.